The number of rotatable bonds is 3. The molecule has 2 unspecified atom stereocenters. The summed E-state index contributed by atoms with van der Waals surface area (Å²) in [5.41, 5.74) is -0.763. The Balaban J connectivity index is 3.21. The van der Waals surface area contributed by atoms with Gasteiger partial charge in [-0.1, -0.05) is 6.08 Å². The molecule has 0 bridgehead atoms. The van der Waals surface area contributed by atoms with Crippen LogP contribution in [-0.4, -0.2) is 21.9 Å². The minimum absolute atomic E-state index is 0.197. The van der Waals surface area contributed by atoms with Gasteiger partial charge in [0.1, 0.15) is 6.08 Å². The molecule has 0 aromatic carbocycles. The number of allylic oxidation sites excluding steroid dienone is 1. The molecule has 1 aliphatic rings. The van der Waals surface area contributed by atoms with Gasteiger partial charge in [0.15, 0.2) is 5.92 Å². The van der Waals surface area contributed by atoms with E-state index in [-0.39, 0.29) is 6.08 Å². The second kappa shape index (κ2) is 3.56. The van der Waals surface area contributed by atoms with Gasteiger partial charge in [-0.2, -0.15) is 4.39 Å². The SMILES string of the molecule is O=[C]C1C=CC([N+](=O)[O-])=CC1(F)[N+](=O)[O-]. The predicted octanol–water partition coefficient (Wildman–Crippen LogP) is 0.385. The fourth-order valence-electron chi connectivity index (χ4n) is 1.08. The smallest absolute Gasteiger partial charge is 0.290 e. The molecule has 0 N–H and O–H groups in total. The van der Waals surface area contributed by atoms with Crippen molar-refractivity contribution in [3.8, 4) is 0 Å². The first-order chi connectivity index (χ1) is 6.91. The monoisotopic (exact) mass is 215 g/mol. The first-order valence-corrected chi connectivity index (χ1v) is 3.68. The van der Waals surface area contributed by atoms with Crippen LogP contribution in [0.1, 0.15) is 0 Å². The molecule has 0 saturated heterocycles. The van der Waals surface area contributed by atoms with E-state index < -0.39 is 27.3 Å². The number of hydrogen-bond donors (Lipinski definition) is 0. The van der Waals surface area contributed by atoms with E-state index in [2.05, 4.69) is 0 Å². The molecule has 0 aliphatic heterocycles. The molecule has 0 saturated carbocycles. The number of nitrogens with zero attached hydrogens (tertiary/aromatic N) is 2. The highest BCUT2D eigenvalue weighted by atomic mass is 19.1. The summed E-state index contributed by atoms with van der Waals surface area (Å²) in [6.45, 7) is 0. The first kappa shape index (κ1) is 11.0. The average molecular weight is 215 g/mol. The van der Waals surface area contributed by atoms with Crippen molar-refractivity contribution in [3.05, 3.63) is 44.2 Å². The zero-order valence-corrected chi connectivity index (χ0v) is 7.12. The highest BCUT2D eigenvalue weighted by Crippen LogP contribution is 2.30. The van der Waals surface area contributed by atoms with Gasteiger partial charge in [-0.15, -0.1) is 0 Å². The number of carbonyl (C=O) groups excluding carboxylic acids is 1. The molecule has 1 radical (unpaired) electrons. The van der Waals surface area contributed by atoms with E-state index in [4.69, 9.17) is 0 Å². The van der Waals surface area contributed by atoms with Gasteiger partial charge < -0.3 is 0 Å². The molecule has 1 rings (SSSR count). The van der Waals surface area contributed by atoms with Crippen LogP contribution in [0.5, 0.6) is 0 Å². The van der Waals surface area contributed by atoms with Gasteiger partial charge in [0.25, 0.3) is 5.70 Å². The van der Waals surface area contributed by atoms with E-state index in [0.717, 1.165) is 18.4 Å². The van der Waals surface area contributed by atoms with Gasteiger partial charge in [-0.05, 0) is 0 Å². The van der Waals surface area contributed by atoms with Crippen molar-refractivity contribution in [2.45, 2.75) is 5.79 Å². The van der Waals surface area contributed by atoms with Gasteiger partial charge in [-0.3, -0.25) is 25.0 Å². The minimum Gasteiger partial charge on any atom is -0.290 e. The van der Waals surface area contributed by atoms with Crippen LogP contribution in [0, 0.1) is 26.1 Å². The lowest BCUT2D eigenvalue weighted by molar-refractivity contribution is -0.596. The fourth-order valence-corrected chi connectivity index (χ4v) is 1.08. The molecule has 79 valence electrons. The summed E-state index contributed by atoms with van der Waals surface area (Å²) < 4.78 is 13.6. The van der Waals surface area contributed by atoms with Crippen LogP contribution in [0.15, 0.2) is 23.9 Å². The second-order valence-corrected chi connectivity index (χ2v) is 2.77. The maximum Gasteiger partial charge on any atom is 0.398 e. The average Bonchev–Trinajstić information content (AvgIpc) is 2.17. The van der Waals surface area contributed by atoms with E-state index in [1.54, 1.807) is 0 Å². The molecular weight excluding hydrogens is 211 g/mol. The van der Waals surface area contributed by atoms with Gasteiger partial charge >= 0.3 is 5.79 Å². The molecule has 2 atom stereocenters. The van der Waals surface area contributed by atoms with E-state index in [9.17, 15) is 29.4 Å². The van der Waals surface area contributed by atoms with Crippen molar-refractivity contribution < 1.29 is 19.0 Å². The molecule has 0 fully saturated rings. The van der Waals surface area contributed by atoms with Gasteiger partial charge in [0.05, 0.1) is 9.85 Å². The highest BCUT2D eigenvalue weighted by Gasteiger charge is 2.52. The molecule has 1 aliphatic carbocycles. The number of hydrogen-bond acceptors (Lipinski definition) is 5. The summed E-state index contributed by atoms with van der Waals surface area (Å²) >= 11 is 0. The Morgan fingerprint density at radius 2 is 2.07 bits per heavy atom. The Morgan fingerprint density at radius 3 is 2.47 bits per heavy atom. The van der Waals surface area contributed by atoms with Crippen molar-refractivity contribution in [2.75, 3.05) is 0 Å². The van der Waals surface area contributed by atoms with Gasteiger partial charge in [0.2, 0.25) is 6.29 Å². The van der Waals surface area contributed by atoms with Crippen molar-refractivity contribution >= 4 is 6.29 Å². The Labute approximate surface area is 82.2 Å². The Bertz CT molecular complexity index is 391. The Kier molecular flexibility index (Phi) is 2.60. The molecule has 8 heteroatoms. The Morgan fingerprint density at radius 1 is 1.47 bits per heavy atom. The molecule has 7 nitrogen and oxygen atoms in total. The predicted molar refractivity (Wildman–Crippen MR) is 44.2 cm³/mol. The lowest BCUT2D eigenvalue weighted by Crippen LogP contribution is -2.41. The molecule has 0 heterocycles. The van der Waals surface area contributed by atoms with E-state index in [0.29, 0.717) is 0 Å². The normalized spacial score (nSPS) is 29.4. The summed E-state index contributed by atoms with van der Waals surface area (Å²) in [7, 11) is 0. The summed E-state index contributed by atoms with van der Waals surface area (Å²) in [6.07, 6.45) is 2.89. The van der Waals surface area contributed by atoms with Crippen LogP contribution in [0.4, 0.5) is 4.39 Å². The van der Waals surface area contributed by atoms with Gasteiger partial charge in [-0.25, -0.2) is 0 Å². The third kappa shape index (κ3) is 1.73. The van der Waals surface area contributed by atoms with Crippen molar-refractivity contribution in [3.63, 3.8) is 0 Å². The molecule has 0 spiro atoms. The fraction of sp³-hybridized carbons (Fsp3) is 0.286. The third-order valence-corrected chi connectivity index (χ3v) is 1.86. The van der Waals surface area contributed by atoms with Crippen LogP contribution in [0.3, 0.4) is 0 Å². The van der Waals surface area contributed by atoms with E-state index in [1.807, 2.05) is 0 Å². The van der Waals surface area contributed by atoms with Crippen molar-refractivity contribution in [2.24, 2.45) is 5.92 Å². The molecule has 0 aromatic rings. The molecular formula is C7H4FN2O5. The summed E-state index contributed by atoms with van der Waals surface area (Å²) in [4.78, 5) is 28.5. The Hall–Kier alpha value is -2.12. The van der Waals surface area contributed by atoms with E-state index in [1.165, 1.54) is 0 Å². The summed E-state index contributed by atoms with van der Waals surface area (Å²) in [5, 5.41) is 20.6. The van der Waals surface area contributed by atoms with Crippen LogP contribution in [-0.2, 0) is 4.79 Å². The summed E-state index contributed by atoms with van der Waals surface area (Å²) in [5.74, 6) is -5.06. The topological polar surface area (TPSA) is 103 Å². The van der Waals surface area contributed by atoms with Crippen molar-refractivity contribution in [1.82, 2.24) is 0 Å². The zero-order chi connectivity index (χ0) is 11.6. The van der Waals surface area contributed by atoms with Crippen LogP contribution in [0.2, 0.25) is 0 Å². The van der Waals surface area contributed by atoms with Crippen LogP contribution in [0.25, 0.3) is 0 Å². The van der Waals surface area contributed by atoms with Crippen molar-refractivity contribution in [1.29, 1.82) is 0 Å². The van der Waals surface area contributed by atoms with Crippen LogP contribution < -0.4 is 0 Å². The molecule has 0 aromatic heterocycles. The third-order valence-electron chi connectivity index (χ3n) is 1.86. The number of halogens is 1. The maximum absolute atomic E-state index is 13.6. The highest BCUT2D eigenvalue weighted by molar-refractivity contribution is 5.61. The van der Waals surface area contributed by atoms with Crippen LogP contribution >= 0.6 is 0 Å². The lowest BCUT2D eigenvalue weighted by atomic mass is 9.93. The maximum atomic E-state index is 13.6. The largest absolute Gasteiger partial charge is 0.398 e. The van der Waals surface area contributed by atoms with Gasteiger partial charge in [0, 0.05) is 6.08 Å². The second-order valence-electron chi connectivity index (χ2n) is 2.77. The standard InChI is InChI=1S/C7H4FN2O5/c8-7(10(14)15)3-6(9(12)13)2-1-5(7)4-11/h1-3,5H. The minimum atomic E-state index is -3.29. The summed E-state index contributed by atoms with van der Waals surface area (Å²) in [6, 6.07) is 0. The zero-order valence-electron chi connectivity index (χ0n) is 7.12. The number of nitro groups is 2. The number of alkyl halides is 1. The molecule has 0 amide bonds. The van der Waals surface area contributed by atoms with E-state index >= 15 is 0 Å². The molecule has 15 heavy (non-hydrogen) atoms. The quantitative estimate of drug-likeness (QED) is 0.384. The first-order valence-electron chi connectivity index (χ1n) is 3.68. The lowest BCUT2D eigenvalue weighted by Gasteiger charge is -2.17.